The van der Waals surface area contributed by atoms with Gasteiger partial charge in [0.15, 0.2) is 5.58 Å². The Kier molecular flexibility index (Phi) is 7.20. The SMILES string of the molecule is c1ccc(-n2c3oc4ccccc4c3c3cccc(-c4ccc(N(c5ccc(-c6cccc7ccccc67)cc5)c5cccc6c5oc5ccccc56)cc4)c32)cc1. The van der Waals surface area contributed by atoms with Crippen molar-refractivity contribution in [2.75, 3.05) is 4.90 Å². The Hall–Kier alpha value is -7.82. The molecule has 0 atom stereocenters. The molecule has 0 bridgehead atoms. The first-order chi connectivity index (χ1) is 28.8. The average Bonchev–Trinajstić information content (AvgIpc) is 3.96. The Morgan fingerprint density at radius 3 is 1.71 bits per heavy atom. The highest BCUT2D eigenvalue weighted by Gasteiger charge is 2.23. The fraction of sp³-hybridized carbons (Fsp3) is 0. The van der Waals surface area contributed by atoms with Crippen LogP contribution in [-0.2, 0) is 0 Å². The lowest BCUT2D eigenvalue weighted by Gasteiger charge is -2.26. The van der Waals surface area contributed by atoms with Gasteiger partial charge in [-0.3, -0.25) is 4.57 Å². The molecule has 4 nitrogen and oxygen atoms in total. The molecule has 0 N–H and O–H groups in total. The first-order valence-corrected chi connectivity index (χ1v) is 19.7. The Labute approximate surface area is 334 Å². The largest absolute Gasteiger partial charge is 0.454 e. The van der Waals surface area contributed by atoms with E-state index in [1.165, 1.54) is 21.9 Å². The van der Waals surface area contributed by atoms with Crippen molar-refractivity contribution in [3.63, 3.8) is 0 Å². The van der Waals surface area contributed by atoms with Crippen LogP contribution in [0.5, 0.6) is 0 Å². The summed E-state index contributed by atoms with van der Waals surface area (Å²) in [5, 5.41) is 8.08. The van der Waals surface area contributed by atoms with E-state index in [0.29, 0.717) is 0 Å². The Morgan fingerprint density at radius 2 is 0.931 bits per heavy atom. The van der Waals surface area contributed by atoms with Crippen LogP contribution in [0.4, 0.5) is 17.1 Å². The van der Waals surface area contributed by atoms with Gasteiger partial charge in [-0.05, 0) is 82.1 Å². The molecule has 0 saturated carbocycles. The third-order valence-corrected chi connectivity index (χ3v) is 11.6. The second-order valence-electron chi connectivity index (χ2n) is 14.9. The predicted octanol–water partition coefficient (Wildman–Crippen LogP) is 15.4. The number of para-hydroxylation sites is 5. The molecule has 0 fully saturated rings. The van der Waals surface area contributed by atoms with Crippen LogP contribution in [0.1, 0.15) is 0 Å². The van der Waals surface area contributed by atoms with Gasteiger partial charge in [0, 0.05) is 44.2 Å². The third-order valence-electron chi connectivity index (χ3n) is 11.6. The zero-order chi connectivity index (χ0) is 38.2. The summed E-state index contributed by atoms with van der Waals surface area (Å²) >= 11 is 0. The molecule has 9 aromatic carbocycles. The van der Waals surface area contributed by atoms with Crippen LogP contribution in [0.2, 0.25) is 0 Å². The van der Waals surface area contributed by atoms with Crippen LogP contribution in [0.25, 0.3) is 93.6 Å². The van der Waals surface area contributed by atoms with E-state index in [-0.39, 0.29) is 0 Å². The van der Waals surface area contributed by atoms with Crippen LogP contribution in [0.3, 0.4) is 0 Å². The fourth-order valence-electron chi connectivity index (χ4n) is 8.99. The molecular formula is C54H34N2O2. The highest BCUT2D eigenvalue weighted by molar-refractivity contribution is 6.22. The zero-order valence-electron chi connectivity index (χ0n) is 31.3. The summed E-state index contributed by atoms with van der Waals surface area (Å²) in [5.74, 6) is 0. The molecule has 0 amide bonds. The van der Waals surface area contributed by atoms with Crippen molar-refractivity contribution in [1.82, 2.24) is 4.57 Å². The number of aromatic nitrogens is 1. The highest BCUT2D eigenvalue weighted by Crippen LogP contribution is 2.45. The number of hydrogen-bond acceptors (Lipinski definition) is 3. The minimum Gasteiger partial charge on any atom is -0.454 e. The predicted molar refractivity (Wildman–Crippen MR) is 241 cm³/mol. The topological polar surface area (TPSA) is 34.5 Å². The maximum absolute atomic E-state index is 6.64. The van der Waals surface area contributed by atoms with E-state index in [1.807, 2.05) is 24.3 Å². The van der Waals surface area contributed by atoms with Crippen molar-refractivity contribution in [3.05, 3.63) is 206 Å². The summed E-state index contributed by atoms with van der Waals surface area (Å²) in [6.07, 6.45) is 0. The van der Waals surface area contributed by atoms with Crippen LogP contribution < -0.4 is 4.90 Å². The second kappa shape index (κ2) is 12.9. The van der Waals surface area contributed by atoms with Gasteiger partial charge < -0.3 is 13.7 Å². The number of benzene rings is 9. The molecule has 0 spiro atoms. The lowest BCUT2D eigenvalue weighted by Crippen LogP contribution is -2.10. The lowest BCUT2D eigenvalue weighted by molar-refractivity contribution is 0.645. The first kappa shape index (κ1) is 32.4. The van der Waals surface area contributed by atoms with Crippen molar-refractivity contribution >= 4 is 82.7 Å². The molecule has 0 aliphatic rings. The van der Waals surface area contributed by atoms with E-state index in [0.717, 1.165) is 88.8 Å². The van der Waals surface area contributed by atoms with E-state index in [9.17, 15) is 0 Å². The van der Waals surface area contributed by atoms with Crippen molar-refractivity contribution in [2.24, 2.45) is 0 Å². The van der Waals surface area contributed by atoms with Gasteiger partial charge >= 0.3 is 0 Å². The fourth-order valence-corrected chi connectivity index (χ4v) is 8.99. The smallest absolute Gasteiger partial charge is 0.213 e. The van der Waals surface area contributed by atoms with Crippen molar-refractivity contribution in [3.8, 4) is 27.9 Å². The molecule has 12 rings (SSSR count). The minimum atomic E-state index is 0.850. The molecular weight excluding hydrogens is 709 g/mol. The van der Waals surface area contributed by atoms with Gasteiger partial charge in [-0.25, -0.2) is 0 Å². The van der Waals surface area contributed by atoms with Gasteiger partial charge in [-0.15, -0.1) is 0 Å². The number of rotatable bonds is 6. The van der Waals surface area contributed by atoms with E-state index < -0.39 is 0 Å². The summed E-state index contributed by atoms with van der Waals surface area (Å²) in [6, 6.07) is 73.1. The summed E-state index contributed by atoms with van der Waals surface area (Å²) in [5.41, 5.74) is 13.3. The molecule has 3 aromatic heterocycles. The van der Waals surface area contributed by atoms with Crippen LogP contribution in [-0.4, -0.2) is 4.57 Å². The molecule has 0 aliphatic carbocycles. The second-order valence-corrected chi connectivity index (χ2v) is 14.9. The third kappa shape index (κ3) is 4.95. The van der Waals surface area contributed by atoms with Crippen LogP contribution >= 0.6 is 0 Å². The normalized spacial score (nSPS) is 11.8. The molecule has 4 heteroatoms. The highest BCUT2D eigenvalue weighted by atomic mass is 16.3. The molecule has 58 heavy (non-hydrogen) atoms. The molecule has 0 aliphatic heterocycles. The summed E-state index contributed by atoms with van der Waals surface area (Å²) in [4.78, 5) is 2.31. The molecule has 272 valence electrons. The Bertz CT molecular complexity index is 3490. The van der Waals surface area contributed by atoms with Crippen molar-refractivity contribution in [1.29, 1.82) is 0 Å². The quantitative estimate of drug-likeness (QED) is 0.170. The number of nitrogens with zero attached hydrogens (tertiary/aromatic N) is 2. The van der Waals surface area contributed by atoms with Crippen molar-refractivity contribution < 1.29 is 8.83 Å². The molecule has 0 saturated heterocycles. The van der Waals surface area contributed by atoms with Gasteiger partial charge in [-0.2, -0.15) is 0 Å². The number of anilines is 3. The van der Waals surface area contributed by atoms with Gasteiger partial charge in [0.2, 0.25) is 5.71 Å². The molecule has 0 unspecified atom stereocenters. The molecule has 12 aromatic rings. The van der Waals surface area contributed by atoms with E-state index in [2.05, 4.69) is 191 Å². The number of furan rings is 2. The zero-order valence-corrected chi connectivity index (χ0v) is 31.3. The average molecular weight is 743 g/mol. The minimum absolute atomic E-state index is 0.850. The van der Waals surface area contributed by atoms with Crippen LogP contribution in [0.15, 0.2) is 215 Å². The van der Waals surface area contributed by atoms with Crippen molar-refractivity contribution in [2.45, 2.75) is 0 Å². The van der Waals surface area contributed by atoms with Gasteiger partial charge in [-0.1, -0.05) is 152 Å². The maximum atomic E-state index is 6.64. The standard InChI is InChI=1S/C54H34N2O2/c1-2-15-38(16-3-1)56-52-43(21-11-23-47(52)51-46-19-7-9-26-50(46)58-54(51)56)37-29-33-40(34-30-37)55(48-24-12-22-45-44-18-6-8-25-49(44)57-53(45)48)39-31-27-36(28-32-39)42-20-10-14-35-13-4-5-17-41(35)42/h1-34H. The first-order valence-electron chi connectivity index (χ1n) is 19.7. The Morgan fingerprint density at radius 1 is 0.379 bits per heavy atom. The molecule has 3 heterocycles. The summed E-state index contributed by atoms with van der Waals surface area (Å²) in [7, 11) is 0. The Balaban J connectivity index is 1.03. The van der Waals surface area contributed by atoms with Gasteiger partial charge in [0.05, 0.1) is 16.6 Å². The molecule has 0 radical (unpaired) electrons. The van der Waals surface area contributed by atoms with E-state index in [1.54, 1.807) is 0 Å². The van der Waals surface area contributed by atoms with Crippen LogP contribution in [0, 0.1) is 0 Å². The van der Waals surface area contributed by atoms with E-state index >= 15 is 0 Å². The van der Waals surface area contributed by atoms with E-state index in [4.69, 9.17) is 8.83 Å². The maximum Gasteiger partial charge on any atom is 0.213 e. The summed E-state index contributed by atoms with van der Waals surface area (Å²) in [6.45, 7) is 0. The number of hydrogen-bond donors (Lipinski definition) is 0. The lowest BCUT2D eigenvalue weighted by atomic mass is 9.98. The van der Waals surface area contributed by atoms with Gasteiger partial charge in [0.1, 0.15) is 11.2 Å². The number of fused-ring (bicyclic) bond motifs is 9. The van der Waals surface area contributed by atoms with Gasteiger partial charge in [0.25, 0.3) is 0 Å². The monoisotopic (exact) mass is 742 g/mol. The summed E-state index contributed by atoms with van der Waals surface area (Å²) < 4.78 is 15.5.